The number of fused-ring (bicyclic) bond motifs is 1. The number of nitrogens with zero attached hydrogens (tertiary/aromatic N) is 6. The predicted octanol–water partition coefficient (Wildman–Crippen LogP) is 8.28. The number of hydrogen-bond acceptors (Lipinski definition) is 10. The number of azo groups is 3. The van der Waals surface area contributed by atoms with Crippen LogP contribution in [0.2, 0.25) is 0 Å². The Morgan fingerprint density at radius 3 is 1.80 bits per heavy atom. The first kappa shape index (κ1) is 27.7. The summed E-state index contributed by atoms with van der Waals surface area (Å²) in [5, 5.41) is 39.6. The highest BCUT2D eigenvalue weighted by atomic mass is 32.2. The minimum Gasteiger partial charge on any atom is -0.505 e. The van der Waals surface area contributed by atoms with E-state index >= 15 is 0 Å². The van der Waals surface area contributed by atoms with Crippen molar-refractivity contribution < 1.29 is 18.1 Å². The Bertz CT molecular complexity index is 1810. The predicted molar refractivity (Wildman–Crippen MR) is 156 cm³/mol. The van der Waals surface area contributed by atoms with Crippen molar-refractivity contribution in [3.05, 3.63) is 102 Å². The molecule has 0 amide bonds. The molecule has 0 bridgehead atoms. The molecule has 3 aromatic rings. The summed E-state index contributed by atoms with van der Waals surface area (Å²) in [6.45, 7) is 0. The number of aromatic hydroxyl groups is 1. The van der Waals surface area contributed by atoms with Gasteiger partial charge in [-0.3, -0.25) is 4.55 Å². The van der Waals surface area contributed by atoms with Crippen LogP contribution in [0.4, 0.5) is 17.1 Å². The van der Waals surface area contributed by atoms with E-state index in [1.54, 1.807) is 37.4 Å². The van der Waals surface area contributed by atoms with Crippen molar-refractivity contribution in [2.24, 2.45) is 30.7 Å². The van der Waals surface area contributed by atoms with Crippen LogP contribution in [0.5, 0.6) is 5.75 Å². The first-order chi connectivity index (χ1) is 19.8. The first-order valence-corrected chi connectivity index (χ1v) is 14.3. The molecule has 0 aliphatic heterocycles. The normalized spacial score (nSPS) is 16.2. The van der Waals surface area contributed by atoms with E-state index in [0.717, 1.165) is 35.6 Å². The van der Waals surface area contributed by atoms with Crippen molar-refractivity contribution in [3.63, 3.8) is 0 Å². The Balaban J connectivity index is 1.38. The molecule has 0 aromatic heterocycles. The number of phenolic OH excluding ortho intramolecular Hbond substituents is 1. The van der Waals surface area contributed by atoms with E-state index in [1.807, 2.05) is 42.5 Å². The molecule has 41 heavy (non-hydrogen) atoms. The number of rotatable bonds is 8. The third kappa shape index (κ3) is 6.86. The second-order valence-electron chi connectivity index (χ2n) is 9.31. The topological polar surface area (TPSA) is 161 Å². The molecule has 0 saturated carbocycles. The third-order valence-electron chi connectivity index (χ3n) is 6.42. The second kappa shape index (κ2) is 12.1. The second-order valence-corrected chi connectivity index (χ2v) is 10.7. The monoisotopic (exact) mass is 569 g/mol. The summed E-state index contributed by atoms with van der Waals surface area (Å²) in [6.07, 6.45) is 9.75. The van der Waals surface area contributed by atoms with Gasteiger partial charge >= 0.3 is 0 Å². The molecule has 0 unspecified atom stereocenters. The number of phenols is 1. The molecule has 0 heterocycles. The van der Waals surface area contributed by atoms with Gasteiger partial charge in [-0.05, 0) is 91.8 Å². The van der Waals surface area contributed by atoms with Crippen molar-refractivity contribution >= 4 is 38.0 Å². The molecule has 2 aliphatic rings. The van der Waals surface area contributed by atoms with E-state index in [-0.39, 0.29) is 5.69 Å². The van der Waals surface area contributed by atoms with E-state index in [4.69, 9.17) is 0 Å². The summed E-state index contributed by atoms with van der Waals surface area (Å²) < 4.78 is 34.4. The first-order valence-electron chi connectivity index (χ1n) is 12.8. The van der Waals surface area contributed by atoms with Gasteiger partial charge in [0.1, 0.15) is 10.6 Å². The molecule has 3 N–H and O–H groups in total. The lowest BCUT2D eigenvalue weighted by Gasteiger charge is -2.12. The van der Waals surface area contributed by atoms with Gasteiger partial charge in [-0.15, -0.1) is 5.11 Å². The fraction of sp³-hybridized carbons (Fsp3) is 0.172. The molecule has 0 atom stereocenters. The lowest BCUT2D eigenvalue weighted by molar-refractivity contribution is 0.472. The maximum atomic E-state index is 12.2. The zero-order valence-electron chi connectivity index (χ0n) is 22.1. The van der Waals surface area contributed by atoms with Gasteiger partial charge in [0.05, 0.1) is 22.8 Å². The van der Waals surface area contributed by atoms with Crippen LogP contribution in [0.1, 0.15) is 25.7 Å². The third-order valence-corrected chi connectivity index (χ3v) is 7.28. The average Bonchev–Trinajstić information content (AvgIpc) is 2.97. The number of para-hydroxylation sites is 1. The highest BCUT2D eigenvalue weighted by Gasteiger charge is 2.22. The summed E-state index contributed by atoms with van der Waals surface area (Å²) in [5.74, 6) is -0.398. The van der Waals surface area contributed by atoms with Gasteiger partial charge < -0.3 is 10.4 Å². The highest BCUT2D eigenvalue weighted by Crippen LogP contribution is 2.42. The molecular weight excluding hydrogens is 542 g/mol. The number of benzene rings is 3. The van der Waals surface area contributed by atoms with E-state index in [0.29, 0.717) is 35.0 Å². The highest BCUT2D eigenvalue weighted by molar-refractivity contribution is 7.86. The quantitative estimate of drug-likeness (QED) is 0.183. The zero-order valence-corrected chi connectivity index (χ0v) is 23.0. The maximum Gasteiger partial charge on any atom is 0.296 e. The number of allylic oxidation sites excluding steroid dienone is 8. The fourth-order valence-electron chi connectivity index (χ4n) is 4.35. The van der Waals surface area contributed by atoms with Crippen molar-refractivity contribution in [2.45, 2.75) is 30.6 Å². The van der Waals surface area contributed by atoms with Crippen molar-refractivity contribution in [1.29, 1.82) is 0 Å². The van der Waals surface area contributed by atoms with Gasteiger partial charge in [0.2, 0.25) is 0 Å². The van der Waals surface area contributed by atoms with Crippen LogP contribution in [-0.2, 0) is 10.1 Å². The molecule has 3 aromatic carbocycles. The van der Waals surface area contributed by atoms with E-state index in [2.05, 4.69) is 36.0 Å². The molecule has 12 heteroatoms. The lowest BCUT2D eigenvalue weighted by Crippen LogP contribution is -1.99. The van der Waals surface area contributed by atoms with Crippen molar-refractivity contribution in [1.82, 2.24) is 0 Å². The smallest absolute Gasteiger partial charge is 0.296 e. The largest absolute Gasteiger partial charge is 0.505 e. The van der Waals surface area contributed by atoms with Crippen LogP contribution in [0, 0.1) is 0 Å². The van der Waals surface area contributed by atoms with Gasteiger partial charge in [-0.25, -0.2) is 0 Å². The molecule has 0 fully saturated rings. The summed E-state index contributed by atoms with van der Waals surface area (Å²) >= 11 is 0. The molecule has 0 radical (unpaired) electrons. The Kier molecular flexibility index (Phi) is 8.22. The number of hydrogen-bond donors (Lipinski definition) is 3. The van der Waals surface area contributed by atoms with Crippen LogP contribution in [0.25, 0.3) is 10.8 Å². The van der Waals surface area contributed by atoms with Crippen LogP contribution < -0.4 is 5.32 Å². The molecular formula is C29H27N7O4S. The summed E-state index contributed by atoms with van der Waals surface area (Å²) in [7, 11) is -3.09. The zero-order chi connectivity index (χ0) is 28.8. The lowest BCUT2D eigenvalue weighted by atomic mass is 10.1. The standard InChI is InChI=1S/C29H27N7O4S/c1-30-32-21-7-9-22(10-8-21)33-34-23-11-13-24(14-12-23)35-36-28-27(41(38,39)40)18-19-17-25(15-16-26(19)29(28)37)31-20-5-3-2-4-6-20/h2-7,9,11,13,15-18,31,37H,8,10,12,14H2,1H3,(H,38,39,40). The van der Waals surface area contributed by atoms with E-state index < -0.39 is 20.8 Å². The summed E-state index contributed by atoms with van der Waals surface area (Å²) in [5.41, 5.74) is 4.26. The SMILES string of the molecule is CN=NC1=CC=C(N=NC2=CC=C(N=Nc3c(S(=O)(=O)O)cc4cc(Nc5ccccc5)ccc4c3O)CC2)CC1. The Labute approximate surface area is 236 Å². The van der Waals surface area contributed by atoms with Crippen LogP contribution in [-0.4, -0.2) is 25.1 Å². The van der Waals surface area contributed by atoms with Crippen LogP contribution in [0.3, 0.4) is 0 Å². The van der Waals surface area contributed by atoms with Gasteiger partial charge in [0, 0.05) is 23.8 Å². The van der Waals surface area contributed by atoms with Crippen molar-refractivity contribution in [2.75, 3.05) is 12.4 Å². The van der Waals surface area contributed by atoms with Crippen LogP contribution >= 0.6 is 0 Å². The molecule has 2 aliphatic carbocycles. The number of anilines is 2. The Morgan fingerprint density at radius 1 is 0.707 bits per heavy atom. The van der Waals surface area contributed by atoms with E-state index in [9.17, 15) is 18.1 Å². The van der Waals surface area contributed by atoms with Gasteiger partial charge in [-0.1, -0.05) is 18.2 Å². The minimum atomic E-state index is -4.72. The molecule has 5 rings (SSSR count). The Hall–Kier alpha value is -4.81. The van der Waals surface area contributed by atoms with Crippen molar-refractivity contribution in [3.8, 4) is 5.75 Å². The van der Waals surface area contributed by atoms with Gasteiger partial charge in [-0.2, -0.15) is 34.0 Å². The Morgan fingerprint density at radius 2 is 1.27 bits per heavy atom. The summed E-state index contributed by atoms with van der Waals surface area (Å²) in [6, 6.07) is 15.8. The fourth-order valence-corrected chi connectivity index (χ4v) is 5.00. The maximum absolute atomic E-state index is 12.2. The molecule has 0 saturated heterocycles. The van der Waals surface area contributed by atoms with Crippen LogP contribution in [0.15, 0.2) is 137 Å². The minimum absolute atomic E-state index is 0.335. The molecule has 11 nitrogen and oxygen atoms in total. The summed E-state index contributed by atoms with van der Waals surface area (Å²) in [4.78, 5) is -0.539. The van der Waals surface area contributed by atoms with E-state index in [1.165, 1.54) is 6.07 Å². The van der Waals surface area contributed by atoms with Gasteiger partial charge in [0.25, 0.3) is 10.1 Å². The van der Waals surface area contributed by atoms with Gasteiger partial charge in [0.15, 0.2) is 5.75 Å². The average molecular weight is 570 g/mol. The number of nitrogens with one attached hydrogen (secondary N) is 1. The molecule has 0 spiro atoms. The molecule has 208 valence electrons.